The number of hydrogen-bond acceptors (Lipinski definition) is 1. The minimum absolute atomic E-state index is 0.0798. The Labute approximate surface area is 161 Å². The van der Waals surface area contributed by atoms with Crippen LogP contribution in [0.2, 0.25) is 0 Å². The highest BCUT2D eigenvalue weighted by Crippen LogP contribution is 2.23. The highest BCUT2D eigenvalue weighted by molar-refractivity contribution is 5.67. The summed E-state index contributed by atoms with van der Waals surface area (Å²) in [6, 6.07) is 8.57. The Morgan fingerprint density at radius 3 is 1.92 bits per heavy atom. The maximum Gasteiger partial charge on any atom is 0.303 e. The molecule has 2 nitrogen and oxygen atoms in total. The van der Waals surface area contributed by atoms with Crippen molar-refractivity contribution in [1.82, 2.24) is 0 Å². The maximum absolute atomic E-state index is 10.8. The Hall–Kier alpha value is -1.31. The van der Waals surface area contributed by atoms with Crippen molar-refractivity contribution in [2.75, 3.05) is 0 Å². The van der Waals surface area contributed by atoms with Crippen LogP contribution in [0.1, 0.15) is 96.6 Å². The second-order valence-corrected chi connectivity index (χ2v) is 8.91. The van der Waals surface area contributed by atoms with E-state index < -0.39 is 5.97 Å². The van der Waals surface area contributed by atoms with Gasteiger partial charge in [-0.2, -0.15) is 0 Å². The molecule has 26 heavy (non-hydrogen) atoms. The van der Waals surface area contributed by atoms with Crippen LogP contribution in [-0.4, -0.2) is 11.1 Å². The molecular weight excluding hydrogens is 320 g/mol. The van der Waals surface area contributed by atoms with Crippen LogP contribution in [0.15, 0.2) is 24.3 Å². The summed E-state index contributed by atoms with van der Waals surface area (Å²) in [5.41, 5.74) is 2.49. The van der Waals surface area contributed by atoms with Crippen molar-refractivity contribution in [2.24, 2.45) is 17.8 Å². The lowest BCUT2D eigenvalue weighted by atomic mass is 9.90. The lowest BCUT2D eigenvalue weighted by Gasteiger charge is -2.16. The molecule has 2 heteroatoms. The fourth-order valence-corrected chi connectivity index (χ4v) is 3.70. The van der Waals surface area contributed by atoms with Gasteiger partial charge in [0.1, 0.15) is 0 Å². The molecule has 0 amide bonds. The number of aliphatic carboxylic acids is 1. The molecule has 3 unspecified atom stereocenters. The molecule has 1 N–H and O–H groups in total. The van der Waals surface area contributed by atoms with Crippen molar-refractivity contribution in [2.45, 2.75) is 91.9 Å². The monoisotopic (exact) mass is 360 g/mol. The topological polar surface area (TPSA) is 37.3 Å². The van der Waals surface area contributed by atoms with E-state index in [1.807, 2.05) is 6.92 Å². The number of rotatable bonds is 13. The Morgan fingerprint density at radius 2 is 1.38 bits per heavy atom. The Kier molecular flexibility index (Phi) is 10.6. The van der Waals surface area contributed by atoms with Gasteiger partial charge in [-0.3, -0.25) is 4.79 Å². The van der Waals surface area contributed by atoms with Crippen molar-refractivity contribution in [3.63, 3.8) is 0 Å². The smallest absolute Gasteiger partial charge is 0.303 e. The largest absolute Gasteiger partial charge is 0.481 e. The predicted molar refractivity (Wildman–Crippen MR) is 112 cm³/mol. The quantitative estimate of drug-likeness (QED) is 0.408. The van der Waals surface area contributed by atoms with Crippen LogP contribution in [-0.2, 0) is 11.2 Å². The molecule has 0 saturated heterocycles. The molecule has 0 aromatic heterocycles. The molecule has 0 radical (unpaired) electrons. The third-order valence-corrected chi connectivity index (χ3v) is 5.49. The van der Waals surface area contributed by atoms with E-state index in [9.17, 15) is 4.79 Å². The standard InChI is InChI=1S/C24H40O2/c1-18(2)8-6-9-19(3)10-7-11-20(4)16-22-12-14-23(15-13-22)21(5)17-24(25)26/h12-15,18-21H,6-11,16-17H2,1-5H3,(H,25,26). The van der Waals surface area contributed by atoms with E-state index in [0.29, 0.717) is 5.92 Å². The average molecular weight is 361 g/mol. The maximum atomic E-state index is 10.8. The predicted octanol–water partition coefficient (Wildman–Crippen LogP) is 7.08. The van der Waals surface area contributed by atoms with Gasteiger partial charge >= 0.3 is 5.97 Å². The molecule has 0 heterocycles. The highest BCUT2D eigenvalue weighted by atomic mass is 16.4. The van der Waals surface area contributed by atoms with Crippen LogP contribution in [0.5, 0.6) is 0 Å². The van der Waals surface area contributed by atoms with Crippen molar-refractivity contribution < 1.29 is 9.90 Å². The first-order valence-electron chi connectivity index (χ1n) is 10.6. The van der Waals surface area contributed by atoms with E-state index in [-0.39, 0.29) is 12.3 Å². The van der Waals surface area contributed by atoms with Gasteiger partial charge in [-0.1, -0.05) is 97.4 Å². The summed E-state index contributed by atoms with van der Waals surface area (Å²) < 4.78 is 0. The molecule has 3 atom stereocenters. The lowest BCUT2D eigenvalue weighted by Crippen LogP contribution is -2.04. The summed E-state index contributed by atoms with van der Waals surface area (Å²) >= 11 is 0. The van der Waals surface area contributed by atoms with E-state index in [1.165, 1.54) is 44.1 Å². The SMILES string of the molecule is CC(C)CCCC(C)CCCC(C)Cc1ccc(C(C)CC(=O)O)cc1. The van der Waals surface area contributed by atoms with Crippen LogP contribution in [0.4, 0.5) is 0 Å². The fourth-order valence-electron chi connectivity index (χ4n) is 3.70. The van der Waals surface area contributed by atoms with E-state index in [1.54, 1.807) is 0 Å². The van der Waals surface area contributed by atoms with Crippen LogP contribution in [0, 0.1) is 17.8 Å². The van der Waals surface area contributed by atoms with E-state index in [4.69, 9.17) is 5.11 Å². The second-order valence-electron chi connectivity index (χ2n) is 8.91. The molecule has 1 aromatic carbocycles. The van der Waals surface area contributed by atoms with Crippen LogP contribution in [0.25, 0.3) is 0 Å². The minimum atomic E-state index is -0.728. The highest BCUT2D eigenvalue weighted by Gasteiger charge is 2.11. The summed E-state index contributed by atoms with van der Waals surface area (Å²) in [6.45, 7) is 11.4. The van der Waals surface area contributed by atoms with Crippen molar-refractivity contribution in [3.05, 3.63) is 35.4 Å². The Morgan fingerprint density at radius 1 is 0.846 bits per heavy atom. The van der Waals surface area contributed by atoms with E-state index in [2.05, 4.69) is 52.0 Å². The molecule has 0 aliphatic rings. The zero-order valence-electron chi connectivity index (χ0n) is 17.6. The molecule has 1 aromatic rings. The third-order valence-electron chi connectivity index (χ3n) is 5.49. The molecular formula is C24H40O2. The summed E-state index contributed by atoms with van der Waals surface area (Å²) in [5, 5.41) is 8.91. The van der Waals surface area contributed by atoms with Gasteiger partial charge < -0.3 is 5.11 Å². The molecule has 0 spiro atoms. The van der Waals surface area contributed by atoms with Gasteiger partial charge in [-0.05, 0) is 41.2 Å². The first-order valence-corrected chi connectivity index (χ1v) is 10.6. The number of hydrogen-bond donors (Lipinski definition) is 1. The number of benzene rings is 1. The van der Waals surface area contributed by atoms with Crippen molar-refractivity contribution >= 4 is 5.97 Å². The number of carboxylic acids is 1. The van der Waals surface area contributed by atoms with E-state index in [0.717, 1.165) is 23.8 Å². The van der Waals surface area contributed by atoms with Crippen LogP contribution in [0.3, 0.4) is 0 Å². The Balaban J connectivity index is 2.28. The van der Waals surface area contributed by atoms with Crippen molar-refractivity contribution in [1.29, 1.82) is 0 Å². The zero-order valence-corrected chi connectivity index (χ0v) is 17.6. The summed E-state index contributed by atoms with van der Waals surface area (Å²) in [6.07, 6.45) is 9.42. The third kappa shape index (κ3) is 9.99. The van der Waals surface area contributed by atoms with Gasteiger partial charge in [-0.15, -0.1) is 0 Å². The van der Waals surface area contributed by atoms with Gasteiger partial charge in [0.05, 0.1) is 6.42 Å². The number of carboxylic acid groups (broad SMARTS) is 1. The molecule has 0 saturated carbocycles. The molecule has 0 fully saturated rings. The Bertz CT molecular complexity index is 503. The van der Waals surface area contributed by atoms with Crippen LogP contribution < -0.4 is 0 Å². The second kappa shape index (κ2) is 12.1. The zero-order chi connectivity index (χ0) is 19.5. The fraction of sp³-hybridized carbons (Fsp3) is 0.708. The minimum Gasteiger partial charge on any atom is -0.481 e. The summed E-state index contributed by atoms with van der Waals surface area (Å²) in [7, 11) is 0. The molecule has 0 aliphatic heterocycles. The summed E-state index contributed by atoms with van der Waals surface area (Å²) in [5.74, 6) is 1.75. The van der Waals surface area contributed by atoms with Gasteiger partial charge in [-0.25, -0.2) is 0 Å². The molecule has 1 rings (SSSR count). The first-order chi connectivity index (χ1) is 12.3. The van der Waals surface area contributed by atoms with E-state index >= 15 is 0 Å². The van der Waals surface area contributed by atoms with Gasteiger partial charge in [0.25, 0.3) is 0 Å². The van der Waals surface area contributed by atoms with Gasteiger partial charge in [0.2, 0.25) is 0 Å². The molecule has 0 aliphatic carbocycles. The number of carbonyl (C=O) groups is 1. The molecule has 0 bridgehead atoms. The normalized spacial score (nSPS) is 15.0. The molecule has 148 valence electrons. The lowest BCUT2D eigenvalue weighted by molar-refractivity contribution is -0.137. The first kappa shape index (κ1) is 22.7. The van der Waals surface area contributed by atoms with Gasteiger partial charge in [0, 0.05) is 0 Å². The van der Waals surface area contributed by atoms with Crippen molar-refractivity contribution in [3.8, 4) is 0 Å². The van der Waals surface area contributed by atoms with Crippen LogP contribution >= 0.6 is 0 Å². The summed E-state index contributed by atoms with van der Waals surface area (Å²) in [4.78, 5) is 10.8. The van der Waals surface area contributed by atoms with Gasteiger partial charge in [0.15, 0.2) is 0 Å². The average Bonchev–Trinajstić information content (AvgIpc) is 2.54.